The summed E-state index contributed by atoms with van der Waals surface area (Å²) in [5.74, 6) is 2.35. The molecule has 1 saturated carbocycles. The molecule has 0 unspecified atom stereocenters. The summed E-state index contributed by atoms with van der Waals surface area (Å²) in [5.41, 5.74) is 3.59. The highest BCUT2D eigenvalue weighted by atomic mass is 19.4. The number of hydrogen-bond donors (Lipinski definition) is 0. The number of nitrogens with zero attached hydrogens (tertiary/aromatic N) is 3. The first-order valence-corrected chi connectivity index (χ1v) is 10.2. The van der Waals surface area contributed by atoms with E-state index in [1.54, 1.807) is 12.1 Å². The highest BCUT2D eigenvalue weighted by molar-refractivity contribution is 5.69. The van der Waals surface area contributed by atoms with E-state index in [-0.39, 0.29) is 5.75 Å². The lowest BCUT2D eigenvalue weighted by Crippen LogP contribution is -2.23. The van der Waals surface area contributed by atoms with Crippen molar-refractivity contribution in [3.63, 3.8) is 0 Å². The van der Waals surface area contributed by atoms with Gasteiger partial charge in [-0.3, -0.25) is 0 Å². The normalized spacial score (nSPS) is 19.4. The molecule has 2 aromatic rings. The Balaban J connectivity index is 2.02. The number of ether oxygens (including phenoxy) is 1. The van der Waals surface area contributed by atoms with Gasteiger partial charge in [-0.2, -0.15) is 0 Å². The Bertz CT molecular complexity index is 917. The number of allylic oxidation sites excluding steroid dienone is 1. The van der Waals surface area contributed by atoms with Crippen molar-refractivity contribution < 1.29 is 17.9 Å². The van der Waals surface area contributed by atoms with Crippen molar-refractivity contribution in [1.29, 1.82) is 0 Å². The minimum absolute atomic E-state index is 0.246. The highest BCUT2D eigenvalue weighted by Crippen LogP contribution is 2.41. The van der Waals surface area contributed by atoms with E-state index in [0.29, 0.717) is 11.8 Å². The molecule has 0 aliphatic heterocycles. The number of benzene rings is 1. The third-order valence-electron chi connectivity index (χ3n) is 5.54. The molecule has 1 heterocycles. The molecule has 3 rings (SSSR count). The summed E-state index contributed by atoms with van der Waals surface area (Å²) in [6, 6.07) is 5.86. The summed E-state index contributed by atoms with van der Waals surface area (Å²) in [5, 5.41) is 0. The first kappa shape index (κ1) is 22.1. The number of halogens is 3. The maximum atomic E-state index is 12.5. The van der Waals surface area contributed by atoms with Gasteiger partial charge in [0.05, 0.1) is 5.69 Å². The average Bonchev–Trinajstić information content (AvgIpc) is 2.65. The number of hydrogen-bond acceptors (Lipinski definition) is 4. The van der Waals surface area contributed by atoms with Crippen LogP contribution in [0.5, 0.6) is 5.75 Å². The lowest BCUT2D eigenvalue weighted by Gasteiger charge is -2.32. The fraction of sp³-hybridized carbons (Fsp3) is 0.478. The minimum Gasteiger partial charge on any atom is -0.406 e. The molecule has 0 saturated heterocycles. The van der Waals surface area contributed by atoms with Crippen LogP contribution in [0, 0.1) is 12.8 Å². The van der Waals surface area contributed by atoms with Crippen LogP contribution in [0.2, 0.25) is 0 Å². The molecule has 1 aromatic heterocycles. The maximum absolute atomic E-state index is 12.5. The summed E-state index contributed by atoms with van der Waals surface area (Å²) >= 11 is 0. The largest absolute Gasteiger partial charge is 0.573 e. The molecule has 0 N–H and O–H groups in total. The van der Waals surface area contributed by atoms with Gasteiger partial charge >= 0.3 is 6.36 Å². The fourth-order valence-electron chi connectivity index (χ4n) is 3.74. The molecule has 162 valence electrons. The van der Waals surface area contributed by atoms with Crippen LogP contribution in [0.4, 0.5) is 19.0 Å². The Morgan fingerprint density at radius 2 is 1.83 bits per heavy atom. The van der Waals surface area contributed by atoms with Crippen molar-refractivity contribution in [3.8, 4) is 17.0 Å². The maximum Gasteiger partial charge on any atom is 0.573 e. The molecule has 1 aromatic carbocycles. The van der Waals surface area contributed by atoms with E-state index < -0.39 is 6.36 Å². The van der Waals surface area contributed by atoms with Crippen LogP contribution in [0.3, 0.4) is 0 Å². The molecule has 1 fully saturated rings. The van der Waals surface area contributed by atoms with E-state index >= 15 is 0 Å². The molecule has 0 amide bonds. The fourth-order valence-corrected chi connectivity index (χ4v) is 3.74. The van der Waals surface area contributed by atoms with Crippen LogP contribution in [-0.4, -0.2) is 23.4 Å². The van der Waals surface area contributed by atoms with Crippen molar-refractivity contribution in [2.75, 3.05) is 11.9 Å². The van der Waals surface area contributed by atoms with Gasteiger partial charge in [0.1, 0.15) is 17.4 Å². The zero-order valence-corrected chi connectivity index (χ0v) is 18.0. The van der Waals surface area contributed by atoms with Crippen LogP contribution in [-0.2, 0) is 0 Å². The molecule has 1 aliphatic carbocycles. The Morgan fingerprint density at radius 3 is 2.37 bits per heavy atom. The van der Waals surface area contributed by atoms with E-state index in [1.807, 2.05) is 18.9 Å². The molecular formula is C23H28F3N3O. The number of anilines is 1. The minimum atomic E-state index is -4.71. The zero-order chi connectivity index (χ0) is 22.1. The van der Waals surface area contributed by atoms with Gasteiger partial charge in [-0.05, 0) is 63.3 Å². The topological polar surface area (TPSA) is 38.2 Å². The van der Waals surface area contributed by atoms with E-state index in [9.17, 15) is 13.2 Å². The molecule has 0 bridgehead atoms. The van der Waals surface area contributed by atoms with E-state index in [1.165, 1.54) is 17.7 Å². The second-order valence-electron chi connectivity index (χ2n) is 8.16. The van der Waals surface area contributed by atoms with Crippen molar-refractivity contribution in [1.82, 2.24) is 9.97 Å². The Hall–Kier alpha value is -2.57. The van der Waals surface area contributed by atoms with E-state index in [2.05, 4.69) is 31.7 Å². The summed E-state index contributed by atoms with van der Waals surface area (Å²) in [6.45, 7) is 8.33. The summed E-state index contributed by atoms with van der Waals surface area (Å²) in [6.07, 6.45) is 0.392. The number of alkyl halides is 3. The van der Waals surface area contributed by atoms with Crippen LogP contribution < -0.4 is 9.64 Å². The monoisotopic (exact) mass is 419 g/mol. The van der Waals surface area contributed by atoms with Gasteiger partial charge in [0, 0.05) is 30.3 Å². The SMILES string of the molecule is CC/C(C)=C/N(C)c1nc(C2CC(C)C2)nc(-c2ccc(OC(F)(F)F)cc2)c1C. The van der Waals surface area contributed by atoms with Gasteiger partial charge in [-0.1, -0.05) is 19.4 Å². The molecule has 0 spiro atoms. The van der Waals surface area contributed by atoms with Crippen molar-refractivity contribution in [2.24, 2.45) is 5.92 Å². The molecule has 0 atom stereocenters. The molecule has 7 heteroatoms. The van der Waals surface area contributed by atoms with Crippen molar-refractivity contribution >= 4 is 5.82 Å². The van der Waals surface area contributed by atoms with Gasteiger partial charge in [0.25, 0.3) is 0 Å². The van der Waals surface area contributed by atoms with E-state index in [0.717, 1.165) is 47.7 Å². The number of rotatable bonds is 6. The predicted octanol–water partition coefficient (Wildman–Crippen LogP) is 6.61. The van der Waals surface area contributed by atoms with Gasteiger partial charge < -0.3 is 9.64 Å². The lowest BCUT2D eigenvalue weighted by atomic mass is 9.75. The molecular weight excluding hydrogens is 391 g/mol. The first-order valence-electron chi connectivity index (χ1n) is 10.2. The Labute approximate surface area is 175 Å². The van der Waals surface area contributed by atoms with Crippen LogP contribution in [0.25, 0.3) is 11.3 Å². The third kappa shape index (κ3) is 5.12. The standard InChI is InChI=1S/C23H28F3N3O/c1-6-14(2)13-29(5)22-16(4)20(27-21(28-22)18-11-15(3)12-18)17-7-9-19(10-8-17)30-23(24,25)26/h7-10,13,15,18H,6,11-12H2,1-5H3/b14-13+. The molecule has 30 heavy (non-hydrogen) atoms. The third-order valence-corrected chi connectivity index (χ3v) is 5.54. The average molecular weight is 419 g/mol. The van der Waals surface area contributed by atoms with Crippen molar-refractivity contribution in [2.45, 2.75) is 59.2 Å². The van der Waals surface area contributed by atoms with Gasteiger partial charge in [-0.15, -0.1) is 13.2 Å². The predicted molar refractivity (Wildman–Crippen MR) is 112 cm³/mol. The zero-order valence-electron chi connectivity index (χ0n) is 18.0. The summed E-state index contributed by atoms with van der Waals surface area (Å²) < 4.78 is 41.4. The van der Waals surface area contributed by atoms with Gasteiger partial charge in [0.15, 0.2) is 0 Å². The molecule has 4 nitrogen and oxygen atoms in total. The van der Waals surface area contributed by atoms with Gasteiger partial charge in [-0.25, -0.2) is 9.97 Å². The Morgan fingerprint density at radius 1 is 1.20 bits per heavy atom. The van der Waals surface area contributed by atoms with E-state index in [4.69, 9.17) is 9.97 Å². The second-order valence-corrected chi connectivity index (χ2v) is 8.16. The molecule has 1 aliphatic rings. The quantitative estimate of drug-likeness (QED) is 0.528. The lowest BCUT2D eigenvalue weighted by molar-refractivity contribution is -0.274. The van der Waals surface area contributed by atoms with Crippen LogP contribution in [0.1, 0.15) is 57.3 Å². The second kappa shape index (κ2) is 8.66. The highest BCUT2D eigenvalue weighted by Gasteiger charge is 2.32. The summed E-state index contributed by atoms with van der Waals surface area (Å²) in [7, 11) is 1.96. The van der Waals surface area contributed by atoms with Crippen LogP contribution in [0.15, 0.2) is 36.0 Å². The Kier molecular flexibility index (Phi) is 6.38. The van der Waals surface area contributed by atoms with Crippen LogP contribution >= 0.6 is 0 Å². The summed E-state index contributed by atoms with van der Waals surface area (Å²) in [4.78, 5) is 11.7. The molecule has 0 radical (unpaired) electrons. The van der Waals surface area contributed by atoms with Crippen molar-refractivity contribution in [3.05, 3.63) is 47.4 Å². The smallest absolute Gasteiger partial charge is 0.406 e. The first-order chi connectivity index (χ1) is 14.1. The number of aromatic nitrogens is 2. The van der Waals surface area contributed by atoms with Gasteiger partial charge in [0.2, 0.25) is 0 Å².